The molecular weight excluding hydrogens is 412 g/mol. The first-order chi connectivity index (χ1) is 16.1. The summed E-state index contributed by atoms with van der Waals surface area (Å²) < 4.78 is 0. The summed E-state index contributed by atoms with van der Waals surface area (Å²) in [5.74, 6) is 0. The monoisotopic (exact) mass is 450 g/mol. The number of rotatable bonds is 1. The van der Waals surface area contributed by atoms with Crippen LogP contribution in [0.3, 0.4) is 0 Å². The van der Waals surface area contributed by atoms with Crippen molar-refractivity contribution < 1.29 is 0 Å². The molecule has 1 saturated carbocycles. The Morgan fingerprint density at radius 2 is 1.29 bits per heavy atom. The zero-order valence-corrected chi connectivity index (χ0v) is 21.6. The molecule has 3 aromatic rings. The van der Waals surface area contributed by atoms with Gasteiger partial charge in [-0.15, -0.1) is 0 Å². The minimum absolute atomic E-state index is 0.0782. The summed E-state index contributed by atoms with van der Waals surface area (Å²) >= 11 is 0. The second kappa shape index (κ2) is 6.90. The molecule has 0 bridgehead atoms. The lowest BCUT2D eigenvalue weighted by Gasteiger charge is -2.50. The van der Waals surface area contributed by atoms with Crippen molar-refractivity contribution in [1.82, 2.24) is 0 Å². The lowest BCUT2D eigenvalue weighted by atomic mass is 9.64. The van der Waals surface area contributed by atoms with Crippen molar-refractivity contribution in [1.29, 1.82) is 0 Å². The van der Waals surface area contributed by atoms with Gasteiger partial charge >= 0.3 is 0 Å². The van der Waals surface area contributed by atoms with Crippen molar-refractivity contribution in [2.45, 2.75) is 89.1 Å². The smallest absolute Gasteiger partial charge is 0.0994 e. The fraction of sp³-hybridized carbons (Fsp3) is 0.438. The number of hydrogen-bond acceptors (Lipinski definition) is 2. The molecule has 1 N–H and O–H groups in total. The van der Waals surface area contributed by atoms with Gasteiger partial charge in [-0.2, -0.15) is 0 Å². The van der Waals surface area contributed by atoms with E-state index in [-0.39, 0.29) is 21.9 Å². The highest BCUT2D eigenvalue weighted by Crippen LogP contribution is 2.69. The number of nitrogens with zero attached hydrogens (tertiary/aromatic N) is 1. The van der Waals surface area contributed by atoms with Gasteiger partial charge in [0.2, 0.25) is 0 Å². The Bertz CT molecular complexity index is 1240. The first-order valence-corrected chi connectivity index (χ1v) is 13.0. The van der Waals surface area contributed by atoms with Crippen LogP contribution in [-0.2, 0) is 21.9 Å². The Balaban J connectivity index is 1.69. The summed E-state index contributed by atoms with van der Waals surface area (Å²) in [6.45, 7) is 14.0. The van der Waals surface area contributed by atoms with Gasteiger partial charge in [-0.1, -0.05) is 96.8 Å². The van der Waals surface area contributed by atoms with E-state index >= 15 is 0 Å². The predicted molar refractivity (Wildman–Crippen MR) is 144 cm³/mol. The number of fused-ring (bicyclic) bond motifs is 2. The normalized spacial score (nSPS) is 25.3. The lowest BCUT2D eigenvalue weighted by molar-refractivity contribution is 0.201. The van der Waals surface area contributed by atoms with E-state index < -0.39 is 0 Å². The van der Waals surface area contributed by atoms with Crippen LogP contribution in [0.4, 0.5) is 17.1 Å². The summed E-state index contributed by atoms with van der Waals surface area (Å²) in [5.41, 5.74) is 9.77. The topological polar surface area (TPSA) is 15.3 Å². The van der Waals surface area contributed by atoms with Crippen LogP contribution in [-0.4, -0.2) is 0 Å². The summed E-state index contributed by atoms with van der Waals surface area (Å²) in [6.07, 6.45) is 4.85. The SMILES string of the molecule is CC(C)(C)c1cc(N2c3ccccc3C34CCCCC23c2ccccc2N4)cc(C(C)(C)C)c1. The van der Waals surface area contributed by atoms with Crippen molar-refractivity contribution in [3.8, 4) is 0 Å². The molecule has 3 aliphatic rings. The molecule has 0 radical (unpaired) electrons. The van der Waals surface area contributed by atoms with E-state index in [9.17, 15) is 0 Å². The van der Waals surface area contributed by atoms with Crippen LogP contribution in [0.5, 0.6) is 0 Å². The van der Waals surface area contributed by atoms with Gasteiger partial charge in [-0.05, 0) is 59.1 Å². The Morgan fingerprint density at radius 3 is 1.97 bits per heavy atom. The van der Waals surface area contributed by atoms with Gasteiger partial charge in [-0.3, -0.25) is 0 Å². The highest BCUT2D eigenvalue weighted by atomic mass is 15.3. The number of benzene rings is 3. The molecule has 34 heavy (non-hydrogen) atoms. The summed E-state index contributed by atoms with van der Waals surface area (Å²) in [6, 6.07) is 25.7. The highest BCUT2D eigenvalue weighted by molar-refractivity contribution is 5.85. The molecule has 2 nitrogen and oxygen atoms in total. The molecule has 2 aliphatic heterocycles. The molecule has 3 aromatic carbocycles. The molecule has 176 valence electrons. The van der Waals surface area contributed by atoms with E-state index in [0.29, 0.717) is 0 Å². The van der Waals surface area contributed by atoms with E-state index in [4.69, 9.17) is 0 Å². The fourth-order valence-electron chi connectivity index (χ4n) is 6.95. The second-order valence-electron chi connectivity index (χ2n) is 12.8. The molecule has 1 fully saturated rings. The molecule has 2 heterocycles. The van der Waals surface area contributed by atoms with Gasteiger partial charge in [0.25, 0.3) is 0 Å². The van der Waals surface area contributed by atoms with Gasteiger partial charge < -0.3 is 10.2 Å². The van der Waals surface area contributed by atoms with E-state index in [1.807, 2.05) is 0 Å². The molecule has 0 spiro atoms. The molecule has 0 saturated heterocycles. The van der Waals surface area contributed by atoms with Gasteiger partial charge in [0, 0.05) is 28.2 Å². The third kappa shape index (κ3) is 2.75. The van der Waals surface area contributed by atoms with Crippen molar-refractivity contribution in [2.75, 3.05) is 10.2 Å². The van der Waals surface area contributed by atoms with Gasteiger partial charge in [0.1, 0.15) is 0 Å². The fourth-order valence-corrected chi connectivity index (χ4v) is 6.95. The molecule has 1 aliphatic carbocycles. The third-order valence-electron chi connectivity index (χ3n) is 8.66. The van der Waals surface area contributed by atoms with Gasteiger partial charge in [0.05, 0.1) is 11.1 Å². The van der Waals surface area contributed by atoms with Gasteiger partial charge in [0.15, 0.2) is 0 Å². The molecule has 0 amide bonds. The van der Waals surface area contributed by atoms with Crippen molar-refractivity contribution >= 4 is 17.1 Å². The predicted octanol–water partition coefficient (Wildman–Crippen LogP) is 8.52. The largest absolute Gasteiger partial charge is 0.373 e. The summed E-state index contributed by atoms with van der Waals surface area (Å²) in [7, 11) is 0. The van der Waals surface area contributed by atoms with E-state index in [1.165, 1.54) is 58.6 Å². The molecule has 0 aromatic heterocycles. The maximum absolute atomic E-state index is 4.11. The molecule has 6 rings (SSSR count). The number of hydrogen-bond donors (Lipinski definition) is 1. The lowest BCUT2D eigenvalue weighted by Crippen LogP contribution is -2.55. The van der Waals surface area contributed by atoms with Crippen molar-refractivity contribution in [2.24, 2.45) is 0 Å². The number of anilines is 3. The van der Waals surface area contributed by atoms with Crippen LogP contribution in [0.1, 0.15) is 89.5 Å². The quantitative estimate of drug-likeness (QED) is 0.400. The number of para-hydroxylation sites is 2. The summed E-state index contributed by atoms with van der Waals surface area (Å²) in [4.78, 5) is 2.74. The summed E-state index contributed by atoms with van der Waals surface area (Å²) in [5, 5.41) is 4.11. The van der Waals surface area contributed by atoms with E-state index in [2.05, 4.69) is 118 Å². The van der Waals surface area contributed by atoms with Crippen LogP contribution in [0.2, 0.25) is 0 Å². The molecule has 2 heteroatoms. The minimum atomic E-state index is -0.100. The molecule has 2 atom stereocenters. The highest BCUT2D eigenvalue weighted by Gasteiger charge is 2.67. The molecular formula is C32H38N2. The average Bonchev–Trinajstić information content (AvgIpc) is 3.23. The maximum atomic E-state index is 4.11. The van der Waals surface area contributed by atoms with Gasteiger partial charge in [-0.25, -0.2) is 0 Å². The Hall–Kier alpha value is -2.74. The number of nitrogens with one attached hydrogen (secondary N) is 1. The molecule has 2 unspecified atom stereocenters. The van der Waals surface area contributed by atoms with Crippen LogP contribution in [0, 0.1) is 0 Å². The Morgan fingerprint density at radius 1 is 0.706 bits per heavy atom. The van der Waals surface area contributed by atoms with Crippen molar-refractivity contribution in [3.05, 3.63) is 89.0 Å². The van der Waals surface area contributed by atoms with Crippen LogP contribution < -0.4 is 10.2 Å². The minimum Gasteiger partial charge on any atom is -0.373 e. The van der Waals surface area contributed by atoms with E-state index in [1.54, 1.807) is 0 Å². The third-order valence-corrected chi connectivity index (χ3v) is 8.66. The zero-order valence-electron chi connectivity index (χ0n) is 21.6. The average molecular weight is 451 g/mol. The van der Waals surface area contributed by atoms with Crippen LogP contribution in [0.15, 0.2) is 66.7 Å². The first kappa shape index (κ1) is 21.8. The second-order valence-corrected chi connectivity index (χ2v) is 12.8. The van der Waals surface area contributed by atoms with Crippen molar-refractivity contribution in [3.63, 3.8) is 0 Å². The zero-order chi connectivity index (χ0) is 23.9. The Kier molecular flexibility index (Phi) is 4.42. The van der Waals surface area contributed by atoms with Crippen LogP contribution in [0.25, 0.3) is 0 Å². The Labute approximate surface area is 205 Å². The van der Waals surface area contributed by atoms with Crippen LogP contribution >= 0.6 is 0 Å². The standard InChI is InChI=1S/C32H38N2/c1-29(2,3)22-19-23(30(4,5)6)21-24(20-22)34-28-16-10-8-14-26(28)31-17-11-12-18-32(31,34)25-13-7-9-15-27(25)33-31/h7-10,13-16,19-21,33H,11-12,17-18H2,1-6H3. The first-order valence-electron chi connectivity index (χ1n) is 13.0. The van der Waals surface area contributed by atoms with E-state index in [0.717, 1.165) is 6.42 Å². The maximum Gasteiger partial charge on any atom is 0.0994 e.